The summed E-state index contributed by atoms with van der Waals surface area (Å²) in [5.74, 6) is 0. The van der Waals surface area contributed by atoms with Crippen molar-refractivity contribution in [2.75, 3.05) is 26.2 Å². The van der Waals surface area contributed by atoms with E-state index in [9.17, 15) is 8.42 Å². The van der Waals surface area contributed by atoms with Gasteiger partial charge in [0.15, 0.2) is 0 Å². The van der Waals surface area contributed by atoms with E-state index in [4.69, 9.17) is 4.74 Å². The van der Waals surface area contributed by atoms with Crippen LogP contribution in [0, 0.1) is 0 Å². The van der Waals surface area contributed by atoms with Crippen LogP contribution >= 0.6 is 0 Å². The molecule has 0 saturated carbocycles. The summed E-state index contributed by atoms with van der Waals surface area (Å²) in [5.41, 5.74) is 2.29. The predicted octanol–water partition coefficient (Wildman–Crippen LogP) is 2.88. The number of ether oxygens (including phenoxy) is 1. The fourth-order valence-corrected chi connectivity index (χ4v) is 6.67. The topological polar surface area (TPSA) is 49.9 Å². The maximum Gasteiger partial charge on any atom is 0.239 e. The number of sulfonamides is 1. The molecule has 2 aliphatic heterocycles. The molecule has 5 nitrogen and oxygen atoms in total. The van der Waals surface area contributed by atoms with Gasteiger partial charge in [-0.25, -0.2) is 8.42 Å². The van der Waals surface area contributed by atoms with E-state index in [0.29, 0.717) is 17.9 Å². The van der Waals surface area contributed by atoms with E-state index in [2.05, 4.69) is 24.8 Å². The molecular formula is C21H30N2O3S. The Balaban J connectivity index is 1.52. The first-order valence-corrected chi connectivity index (χ1v) is 11.6. The fraction of sp³-hybridized carbons (Fsp3) is 0.619. The molecule has 0 bridgehead atoms. The number of morpholine rings is 1. The monoisotopic (exact) mass is 390 g/mol. The van der Waals surface area contributed by atoms with E-state index in [1.807, 2.05) is 24.3 Å². The standard InChI is InChI=1S/C21H30N2O3S/c1-16-13-22(14-17(2)26-16)15-20-8-5-11-23(20)27(24,25)21-10-9-18-6-3-4-7-19(18)12-21/h3-4,6-7,12,16-17,20H,5,8-11,13-15H2,1-2H3/t16-,17-,20+/m1/s1. The van der Waals surface area contributed by atoms with Crippen molar-refractivity contribution in [1.82, 2.24) is 9.21 Å². The van der Waals surface area contributed by atoms with Crippen molar-refractivity contribution in [3.05, 3.63) is 40.3 Å². The van der Waals surface area contributed by atoms with Gasteiger partial charge in [0.1, 0.15) is 0 Å². The van der Waals surface area contributed by atoms with Crippen LogP contribution in [0.3, 0.4) is 0 Å². The highest BCUT2D eigenvalue weighted by atomic mass is 32.2. The molecule has 4 rings (SSSR count). The van der Waals surface area contributed by atoms with Crippen LogP contribution in [0.25, 0.3) is 6.08 Å². The Kier molecular flexibility index (Phi) is 5.43. The summed E-state index contributed by atoms with van der Waals surface area (Å²) < 4.78 is 34.4. The molecule has 2 heterocycles. The highest BCUT2D eigenvalue weighted by Crippen LogP contribution is 2.33. The normalized spacial score (nSPS) is 30.1. The number of nitrogens with zero attached hydrogens (tertiary/aromatic N) is 2. The number of fused-ring (bicyclic) bond motifs is 1. The lowest BCUT2D eigenvalue weighted by atomic mass is 9.98. The van der Waals surface area contributed by atoms with E-state index in [1.54, 1.807) is 4.31 Å². The van der Waals surface area contributed by atoms with Crippen molar-refractivity contribution in [3.8, 4) is 0 Å². The van der Waals surface area contributed by atoms with E-state index in [0.717, 1.165) is 44.5 Å². The quantitative estimate of drug-likeness (QED) is 0.793. The lowest BCUT2D eigenvalue weighted by Gasteiger charge is -2.38. The number of allylic oxidation sites excluding steroid dienone is 1. The van der Waals surface area contributed by atoms with Crippen molar-refractivity contribution in [2.45, 2.75) is 57.8 Å². The summed E-state index contributed by atoms with van der Waals surface area (Å²) in [5, 5.41) is 0. The summed E-state index contributed by atoms with van der Waals surface area (Å²) >= 11 is 0. The smallest absolute Gasteiger partial charge is 0.239 e. The van der Waals surface area contributed by atoms with Crippen molar-refractivity contribution in [2.24, 2.45) is 0 Å². The van der Waals surface area contributed by atoms with Gasteiger partial charge >= 0.3 is 0 Å². The number of hydrogen-bond donors (Lipinski definition) is 0. The molecule has 3 aliphatic rings. The van der Waals surface area contributed by atoms with Crippen LogP contribution in [-0.2, 0) is 21.2 Å². The number of aryl methyl sites for hydroxylation is 1. The van der Waals surface area contributed by atoms with Crippen LogP contribution < -0.4 is 0 Å². The minimum absolute atomic E-state index is 0.0746. The van der Waals surface area contributed by atoms with Gasteiger partial charge < -0.3 is 4.74 Å². The molecule has 27 heavy (non-hydrogen) atoms. The van der Waals surface area contributed by atoms with Crippen LogP contribution in [0.1, 0.15) is 44.2 Å². The molecule has 2 saturated heterocycles. The highest BCUT2D eigenvalue weighted by Gasteiger charge is 2.38. The van der Waals surface area contributed by atoms with Gasteiger partial charge in [0.25, 0.3) is 0 Å². The molecule has 148 valence electrons. The van der Waals surface area contributed by atoms with Crippen molar-refractivity contribution < 1.29 is 13.2 Å². The average molecular weight is 391 g/mol. The first kappa shape index (κ1) is 19.1. The molecular weight excluding hydrogens is 360 g/mol. The lowest BCUT2D eigenvalue weighted by molar-refractivity contribution is -0.0707. The van der Waals surface area contributed by atoms with Gasteiger partial charge in [-0.3, -0.25) is 4.90 Å². The molecule has 2 fully saturated rings. The SMILES string of the molecule is C[C@@H]1CN(C[C@@H]2CCCN2S(=O)(=O)C2=Cc3ccccc3CC2)C[C@@H](C)O1. The summed E-state index contributed by atoms with van der Waals surface area (Å²) in [4.78, 5) is 2.96. The molecule has 0 aromatic heterocycles. The molecule has 3 atom stereocenters. The molecule has 1 aromatic carbocycles. The van der Waals surface area contributed by atoms with Crippen LogP contribution in [0.2, 0.25) is 0 Å². The van der Waals surface area contributed by atoms with Gasteiger partial charge in [0, 0.05) is 32.2 Å². The Morgan fingerprint density at radius 3 is 2.63 bits per heavy atom. The third-order valence-electron chi connectivity index (χ3n) is 5.94. The van der Waals surface area contributed by atoms with Crippen LogP contribution in [0.5, 0.6) is 0 Å². The second-order valence-corrected chi connectivity index (χ2v) is 10.1. The largest absolute Gasteiger partial charge is 0.373 e. The summed E-state index contributed by atoms with van der Waals surface area (Å²) in [7, 11) is -3.39. The summed E-state index contributed by atoms with van der Waals surface area (Å²) in [6.07, 6.45) is 5.61. The molecule has 1 aromatic rings. The second-order valence-electron chi connectivity index (χ2n) is 8.20. The third kappa shape index (κ3) is 3.99. The van der Waals surface area contributed by atoms with Gasteiger partial charge in [-0.15, -0.1) is 0 Å². The van der Waals surface area contributed by atoms with Gasteiger partial charge in [-0.1, -0.05) is 24.3 Å². The molecule has 0 amide bonds. The van der Waals surface area contributed by atoms with E-state index < -0.39 is 10.0 Å². The zero-order valence-electron chi connectivity index (χ0n) is 16.3. The minimum Gasteiger partial charge on any atom is -0.373 e. The van der Waals surface area contributed by atoms with E-state index in [-0.39, 0.29) is 18.2 Å². The number of benzene rings is 1. The third-order valence-corrected chi connectivity index (χ3v) is 8.02. The van der Waals surface area contributed by atoms with Gasteiger partial charge in [-0.2, -0.15) is 4.31 Å². The van der Waals surface area contributed by atoms with Gasteiger partial charge in [0.2, 0.25) is 10.0 Å². The van der Waals surface area contributed by atoms with Crippen LogP contribution in [0.15, 0.2) is 29.2 Å². The fourth-order valence-electron chi connectivity index (χ4n) is 4.80. The molecule has 0 radical (unpaired) electrons. The molecule has 1 aliphatic carbocycles. The predicted molar refractivity (Wildman–Crippen MR) is 108 cm³/mol. The van der Waals surface area contributed by atoms with Crippen LogP contribution in [-0.4, -0.2) is 62.1 Å². The zero-order valence-corrected chi connectivity index (χ0v) is 17.1. The Morgan fingerprint density at radius 2 is 1.85 bits per heavy atom. The average Bonchev–Trinajstić information content (AvgIpc) is 3.09. The minimum atomic E-state index is -3.39. The summed E-state index contributed by atoms with van der Waals surface area (Å²) in [6.45, 7) is 7.39. The maximum absolute atomic E-state index is 13.4. The van der Waals surface area contributed by atoms with E-state index in [1.165, 1.54) is 5.56 Å². The van der Waals surface area contributed by atoms with Crippen LogP contribution in [0.4, 0.5) is 0 Å². The second kappa shape index (κ2) is 7.66. The van der Waals surface area contributed by atoms with Gasteiger partial charge in [-0.05, 0) is 56.7 Å². The molecule has 6 heteroatoms. The molecule has 0 N–H and O–H groups in total. The Labute approximate surface area is 163 Å². The molecule has 0 unspecified atom stereocenters. The summed E-state index contributed by atoms with van der Waals surface area (Å²) in [6, 6.07) is 8.18. The Hall–Kier alpha value is -1.21. The highest BCUT2D eigenvalue weighted by molar-refractivity contribution is 7.93. The zero-order chi connectivity index (χ0) is 19.0. The van der Waals surface area contributed by atoms with E-state index >= 15 is 0 Å². The number of hydrogen-bond acceptors (Lipinski definition) is 4. The number of rotatable bonds is 4. The van der Waals surface area contributed by atoms with Gasteiger partial charge in [0.05, 0.1) is 17.1 Å². The first-order valence-electron chi connectivity index (χ1n) is 10.1. The Morgan fingerprint density at radius 1 is 1.11 bits per heavy atom. The molecule has 0 spiro atoms. The van der Waals surface area contributed by atoms with Crippen molar-refractivity contribution in [3.63, 3.8) is 0 Å². The Bertz CT molecular complexity index is 810. The van der Waals surface area contributed by atoms with Crippen molar-refractivity contribution in [1.29, 1.82) is 0 Å². The van der Waals surface area contributed by atoms with Crippen molar-refractivity contribution >= 4 is 16.1 Å². The lowest BCUT2D eigenvalue weighted by Crippen LogP contribution is -2.51. The maximum atomic E-state index is 13.4. The first-order chi connectivity index (χ1) is 12.9.